The van der Waals surface area contributed by atoms with E-state index in [1.165, 1.54) is 5.75 Å². The SMILES string of the molecule is CSCC(C)CNCc1cn2ccccc2n1. The number of aromatic nitrogens is 2. The molecule has 17 heavy (non-hydrogen) atoms. The van der Waals surface area contributed by atoms with Crippen LogP contribution in [0, 0.1) is 5.92 Å². The van der Waals surface area contributed by atoms with Gasteiger partial charge in [0.1, 0.15) is 5.65 Å². The standard InChI is InChI=1S/C13H19N3S/c1-11(10-17-2)7-14-8-12-9-16-6-4-3-5-13(16)15-12/h3-6,9,11,14H,7-8,10H2,1-2H3. The number of pyridine rings is 1. The third kappa shape index (κ3) is 3.48. The minimum absolute atomic E-state index is 0.710. The number of hydrogen-bond donors (Lipinski definition) is 1. The molecule has 0 bridgehead atoms. The molecular weight excluding hydrogens is 230 g/mol. The van der Waals surface area contributed by atoms with E-state index in [-0.39, 0.29) is 0 Å². The summed E-state index contributed by atoms with van der Waals surface area (Å²) in [4.78, 5) is 4.55. The topological polar surface area (TPSA) is 29.3 Å². The summed E-state index contributed by atoms with van der Waals surface area (Å²) < 4.78 is 2.06. The first kappa shape index (κ1) is 12.5. The Morgan fingerprint density at radius 3 is 3.12 bits per heavy atom. The minimum Gasteiger partial charge on any atom is -0.311 e. The molecule has 0 aliphatic heterocycles. The molecule has 92 valence electrons. The molecule has 4 heteroatoms. The molecule has 0 aliphatic rings. The van der Waals surface area contributed by atoms with Gasteiger partial charge in [0, 0.05) is 18.9 Å². The third-order valence-corrected chi connectivity index (χ3v) is 3.57. The molecule has 1 unspecified atom stereocenters. The Kier molecular flexibility index (Phi) is 4.45. The fraction of sp³-hybridized carbons (Fsp3) is 0.462. The van der Waals surface area contributed by atoms with Crippen molar-refractivity contribution in [2.45, 2.75) is 13.5 Å². The van der Waals surface area contributed by atoms with E-state index in [1.54, 1.807) is 0 Å². The Hall–Kier alpha value is -1.00. The molecule has 0 radical (unpaired) electrons. The highest BCUT2D eigenvalue weighted by molar-refractivity contribution is 7.98. The molecule has 0 amide bonds. The quantitative estimate of drug-likeness (QED) is 0.852. The van der Waals surface area contributed by atoms with Gasteiger partial charge in [0.05, 0.1) is 5.69 Å². The highest BCUT2D eigenvalue weighted by Gasteiger charge is 2.03. The molecule has 0 saturated heterocycles. The van der Waals surface area contributed by atoms with Gasteiger partial charge in [-0.3, -0.25) is 0 Å². The maximum absolute atomic E-state index is 4.55. The number of thioether (sulfide) groups is 1. The van der Waals surface area contributed by atoms with Crippen LogP contribution in [0.25, 0.3) is 5.65 Å². The van der Waals surface area contributed by atoms with E-state index >= 15 is 0 Å². The summed E-state index contributed by atoms with van der Waals surface area (Å²) in [5.74, 6) is 1.92. The van der Waals surface area contributed by atoms with Gasteiger partial charge in [-0.15, -0.1) is 0 Å². The van der Waals surface area contributed by atoms with Crippen molar-refractivity contribution in [3.05, 3.63) is 36.3 Å². The fourth-order valence-corrected chi connectivity index (χ4v) is 2.55. The van der Waals surface area contributed by atoms with Gasteiger partial charge in [-0.25, -0.2) is 4.98 Å². The number of rotatable bonds is 6. The lowest BCUT2D eigenvalue weighted by Gasteiger charge is -2.09. The Morgan fingerprint density at radius 2 is 2.35 bits per heavy atom. The lowest BCUT2D eigenvalue weighted by atomic mass is 10.2. The molecule has 2 aromatic heterocycles. The van der Waals surface area contributed by atoms with Gasteiger partial charge in [0.25, 0.3) is 0 Å². The van der Waals surface area contributed by atoms with Gasteiger partial charge in [-0.05, 0) is 36.6 Å². The Bertz CT molecular complexity index is 433. The molecule has 0 spiro atoms. The molecule has 3 nitrogen and oxygen atoms in total. The molecule has 0 aromatic carbocycles. The van der Waals surface area contributed by atoms with Crippen LogP contribution in [-0.4, -0.2) is 27.9 Å². The van der Waals surface area contributed by atoms with Crippen molar-refractivity contribution < 1.29 is 0 Å². The number of hydrogen-bond acceptors (Lipinski definition) is 3. The van der Waals surface area contributed by atoms with Crippen molar-refractivity contribution in [3.8, 4) is 0 Å². The predicted molar refractivity (Wildman–Crippen MR) is 74.4 cm³/mol. The average Bonchev–Trinajstić information content (AvgIpc) is 2.71. The second-order valence-electron chi connectivity index (χ2n) is 4.39. The van der Waals surface area contributed by atoms with E-state index in [0.717, 1.165) is 24.4 Å². The third-order valence-electron chi connectivity index (χ3n) is 2.66. The first-order chi connectivity index (χ1) is 8.29. The Morgan fingerprint density at radius 1 is 1.47 bits per heavy atom. The molecule has 2 heterocycles. The van der Waals surface area contributed by atoms with E-state index in [2.05, 4.69) is 34.1 Å². The summed E-state index contributed by atoms with van der Waals surface area (Å²) in [7, 11) is 0. The molecule has 1 N–H and O–H groups in total. The first-order valence-electron chi connectivity index (χ1n) is 5.92. The lowest BCUT2D eigenvalue weighted by molar-refractivity contribution is 0.556. The summed E-state index contributed by atoms with van der Waals surface area (Å²) in [5.41, 5.74) is 2.12. The van der Waals surface area contributed by atoms with E-state index in [4.69, 9.17) is 0 Å². The van der Waals surface area contributed by atoms with Gasteiger partial charge in [-0.2, -0.15) is 11.8 Å². The smallest absolute Gasteiger partial charge is 0.137 e. The van der Waals surface area contributed by atoms with E-state index in [0.29, 0.717) is 5.92 Å². The van der Waals surface area contributed by atoms with Crippen molar-refractivity contribution in [1.82, 2.24) is 14.7 Å². The van der Waals surface area contributed by atoms with Crippen LogP contribution >= 0.6 is 11.8 Å². The number of nitrogens with one attached hydrogen (secondary N) is 1. The van der Waals surface area contributed by atoms with Gasteiger partial charge in [-0.1, -0.05) is 13.0 Å². The van der Waals surface area contributed by atoms with Crippen LogP contribution in [0.15, 0.2) is 30.6 Å². The van der Waals surface area contributed by atoms with Crippen LogP contribution in [0.1, 0.15) is 12.6 Å². The number of fused-ring (bicyclic) bond motifs is 1. The van der Waals surface area contributed by atoms with Crippen LogP contribution in [-0.2, 0) is 6.54 Å². The fourth-order valence-electron chi connectivity index (χ4n) is 1.86. The largest absolute Gasteiger partial charge is 0.311 e. The van der Waals surface area contributed by atoms with Crippen LogP contribution < -0.4 is 5.32 Å². The van der Waals surface area contributed by atoms with E-state index in [1.807, 2.05) is 36.2 Å². The number of imidazole rings is 1. The molecule has 0 saturated carbocycles. The summed E-state index contributed by atoms with van der Waals surface area (Å²) in [6, 6.07) is 6.06. The molecule has 2 rings (SSSR count). The monoisotopic (exact) mass is 249 g/mol. The van der Waals surface area contributed by atoms with Gasteiger partial charge >= 0.3 is 0 Å². The zero-order valence-electron chi connectivity index (χ0n) is 10.4. The van der Waals surface area contributed by atoms with Crippen LogP contribution in [0.2, 0.25) is 0 Å². The zero-order chi connectivity index (χ0) is 12.1. The average molecular weight is 249 g/mol. The summed E-state index contributed by atoms with van der Waals surface area (Å²) in [6.07, 6.45) is 6.27. The van der Waals surface area contributed by atoms with Gasteiger partial charge in [0.2, 0.25) is 0 Å². The second kappa shape index (κ2) is 6.07. The van der Waals surface area contributed by atoms with Gasteiger partial charge in [0.15, 0.2) is 0 Å². The minimum atomic E-state index is 0.710. The van der Waals surface area contributed by atoms with Crippen molar-refractivity contribution in [1.29, 1.82) is 0 Å². The first-order valence-corrected chi connectivity index (χ1v) is 7.31. The van der Waals surface area contributed by atoms with Crippen molar-refractivity contribution in [3.63, 3.8) is 0 Å². The second-order valence-corrected chi connectivity index (χ2v) is 5.30. The Labute approximate surface area is 107 Å². The van der Waals surface area contributed by atoms with Crippen LogP contribution in [0.3, 0.4) is 0 Å². The highest BCUT2D eigenvalue weighted by Crippen LogP contribution is 2.05. The molecule has 2 aromatic rings. The summed E-state index contributed by atoms with van der Waals surface area (Å²) >= 11 is 1.90. The van der Waals surface area contributed by atoms with Gasteiger partial charge < -0.3 is 9.72 Å². The molecule has 0 fully saturated rings. The van der Waals surface area contributed by atoms with E-state index < -0.39 is 0 Å². The summed E-state index contributed by atoms with van der Waals surface area (Å²) in [6.45, 7) is 4.17. The lowest BCUT2D eigenvalue weighted by Crippen LogP contribution is -2.22. The highest BCUT2D eigenvalue weighted by atomic mass is 32.2. The normalized spacial score (nSPS) is 13.1. The van der Waals surface area contributed by atoms with Crippen LogP contribution in [0.4, 0.5) is 0 Å². The maximum Gasteiger partial charge on any atom is 0.137 e. The zero-order valence-corrected chi connectivity index (χ0v) is 11.2. The maximum atomic E-state index is 4.55. The Balaban J connectivity index is 1.86. The molecular formula is C13H19N3S. The molecule has 0 aliphatic carbocycles. The summed E-state index contributed by atoms with van der Waals surface area (Å²) in [5, 5.41) is 3.46. The van der Waals surface area contributed by atoms with Crippen LogP contribution in [0.5, 0.6) is 0 Å². The number of nitrogens with zero attached hydrogens (tertiary/aromatic N) is 2. The van der Waals surface area contributed by atoms with Crippen molar-refractivity contribution in [2.75, 3.05) is 18.6 Å². The predicted octanol–water partition coefficient (Wildman–Crippen LogP) is 2.42. The van der Waals surface area contributed by atoms with Crippen molar-refractivity contribution >= 4 is 17.4 Å². The van der Waals surface area contributed by atoms with E-state index in [9.17, 15) is 0 Å². The van der Waals surface area contributed by atoms with Crippen molar-refractivity contribution in [2.24, 2.45) is 5.92 Å². The molecule has 1 atom stereocenters.